The van der Waals surface area contributed by atoms with Gasteiger partial charge in [-0.2, -0.15) is 0 Å². The fourth-order valence-electron chi connectivity index (χ4n) is 3.09. The molecule has 1 atom stereocenters. The van der Waals surface area contributed by atoms with Gasteiger partial charge in [0.25, 0.3) is 5.91 Å². The van der Waals surface area contributed by atoms with E-state index in [1.54, 1.807) is 18.2 Å². The number of carbonyl (C=O) groups is 2. The van der Waals surface area contributed by atoms with E-state index in [1.165, 1.54) is 0 Å². The topological polar surface area (TPSA) is 73.9 Å². The predicted molar refractivity (Wildman–Crippen MR) is 105 cm³/mol. The van der Waals surface area contributed by atoms with Gasteiger partial charge in [0.2, 0.25) is 0 Å². The lowest BCUT2D eigenvalue weighted by Gasteiger charge is -2.25. The Kier molecular flexibility index (Phi) is 6.19. The zero-order chi connectivity index (χ0) is 20.1. The fraction of sp³-hybridized carbons (Fsp3) is 0.364. The highest BCUT2D eigenvalue weighted by atomic mass is 16.6. The molecule has 3 rings (SSSR count). The average molecular weight is 383 g/mol. The Bertz CT molecular complexity index is 862. The van der Waals surface area contributed by atoms with Crippen LogP contribution in [0.5, 0.6) is 11.5 Å². The summed E-state index contributed by atoms with van der Waals surface area (Å²) in [5, 5.41) is 2.95. The largest absolute Gasteiger partial charge is 0.486 e. The molecule has 0 saturated heterocycles. The molecule has 1 aliphatic rings. The number of nitrogens with one attached hydrogen (secondary N) is 1. The number of esters is 1. The minimum Gasteiger partial charge on any atom is -0.486 e. The van der Waals surface area contributed by atoms with Crippen molar-refractivity contribution in [1.29, 1.82) is 0 Å². The molecule has 0 spiro atoms. The van der Waals surface area contributed by atoms with Crippen LogP contribution in [-0.2, 0) is 9.53 Å². The van der Waals surface area contributed by atoms with Gasteiger partial charge in [-0.05, 0) is 42.7 Å². The monoisotopic (exact) mass is 383 g/mol. The van der Waals surface area contributed by atoms with Gasteiger partial charge in [-0.25, -0.2) is 4.79 Å². The van der Waals surface area contributed by atoms with Gasteiger partial charge in [0, 0.05) is 0 Å². The van der Waals surface area contributed by atoms with Gasteiger partial charge in [-0.1, -0.05) is 37.6 Å². The first-order valence-electron chi connectivity index (χ1n) is 9.36. The molecule has 6 heteroatoms. The van der Waals surface area contributed by atoms with Gasteiger partial charge in [0.05, 0.1) is 11.6 Å². The molecular weight excluding hydrogens is 358 g/mol. The highest BCUT2D eigenvalue weighted by Gasteiger charge is 2.22. The standard InChI is InChI=1S/C22H25NO5/c1-14(2)21(16-7-8-18-19(12-16)27-10-9-26-18)23-20(24)13-28-22(25)17-6-4-5-15(3)11-17/h4-8,11-12,14,21H,9-10,13H2,1-3H3,(H,23,24)/t21-/m1/s1. The highest BCUT2D eigenvalue weighted by molar-refractivity contribution is 5.91. The summed E-state index contributed by atoms with van der Waals surface area (Å²) in [6, 6.07) is 12.5. The zero-order valence-electron chi connectivity index (χ0n) is 16.4. The van der Waals surface area contributed by atoms with Crippen molar-refractivity contribution in [3.63, 3.8) is 0 Å². The van der Waals surface area contributed by atoms with Gasteiger partial charge in [-0.15, -0.1) is 0 Å². The van der Waals surface area contributed by atoms with Crippen molar-refractivity contribution >= 4 is 11.9 Å². The van der Waals surface area contributed by atoms with E-state index in [9.17, 15) is 9.59 Å². The Balaban J connectivity index is 1.62. The Labute approximate surface area is 164 Å². The molecule has 28 heavy (non-hydrogen) atoms. The minimum atomic E-state index is -0.515. The molecule has 1 aliphatic heterocycles. The van der Waals surface area contributed by atoms with Crippen LogP contribution in [-0.4, -0.2) is 31.7 Å². The molecule has 148 valence electrons. The number of rotatable bonds is 6. The first-order chi connectivity index (χ1) is 13.4. The van der Waals surface area contributed by atoms with E-state index >= 15 is 0 Å². The quantitative estimate of drug-likeness (QED) is 0.774. The molecular formula is C22H25NO5. The Morgan fingerprint density at radius 3 is 2.54 bits per heavy atom. The summed E-state index contributed by atoms with van der Waals surface area (Å²) in [6.07, 6.45) is 0. The molecule has 0 fully saturated rings. The van der Waals surface area contributed by atoms with E-state index in [0.29, 0.717) is 30.3 Å². The van der Waals surface area contributed by atoms with Crippen molar-refractivity contribution in [2.75, 3.05) is 19.8 Å². The molecule has 1 heterocycles. The van der Waals surface area contributed by atoms with Crippen LogP contribution in [0.3, 0.4) is 0 Å². The molecule has 0 aromatic heterocycles. The Hall–Kier alpha value is -3.02. The summed E-state index contributed by atoms with van der Waals surface area (Å²) >= 11 is 0. The Morgan fingerprint density at radius 2 is 1.82 bits per heavy atom. The maximum Gasteiger partial charge on any atom is 0.338 e. The van der Waals surface area contributed by atoms with Crippen LogP contribution in [0.1, 0.15) is 41.4 Å². The molecule has 1 N–H and O–H groups in total. The molecule has 0 aliphatic carbocycles. The van der Waals surface area contributed by atoms with Crippen molar-refractivity contribution in [1.82, 2.24) is 5.32 Å². The van der Waals surface area contributed by atoms with Gasteiger partial charge in [-0.3, -0.25) is 4.79 Å². The van der Waals surface area contributed by atoms with Crippen molar-refractivity contribution in [2.24, 2.45) is 5.92 Å². The number of benzene rings is 2. The average Bonchev–Trinajstić information content (AvgIpc) is 2.69. The summed E-state index contributed by atoms with van der Waals surface area (Å²) in [5.74, 6) is 0.651. The third-order valence-corrected chi connectivity index (χ3v) is 4.50. The van der Waals surface area contributed by atoms with E-state index < -0.39 is 5.97 Å². The predicted octanol–water partition coefficient (Wildman–Crippen LogP) is 3.44. The van der Waals surface area contributed by atoms with Gasteiger partial charge in [0.1, 0.15) is 13.2 Å². The zero-order valence-corrected chi connectivity index (χ0v) is 16.4. The number of fused-ring (bicyclic) bond motifs is 1. The SMILES string of the molecule is Cc1cccc(C(=O)OCC(=O)N[C@@H](c2ccc3c(c2)OCCO3)C(C)C)c1. The number of ether oxygens (including phenoxy) is 3. The molecule has 2 aromatic rings. The smallest absolute Gasteiger partial charge is 0.338 e. The van der Waals surface area contributed by atoms with E-state index in [2.05, 4.69) is 5.32 Å². The van der Waals surface area contributed by atoms with Gasteiger partial charge >= 0.3 is 5.97 Å². The number of aryl methyl sites for hydroxylation is 1. The lowest BCUT2D eigenvalue weighted by atomic mass is 9.95. The van der Waals surface area contributed by atoms with Crippen LogP contribution < -0.4 is 14.8 Å². The number of hydrogen-bond donors (Lipinski definition) is 1. The van der Waals surface area contributed by atoms with Crippen LogP contribution in [0.15, 0.2) is 42.5 Å². The maximum atomic E-state index is 12.4. The van der Waals surface area contributed by atoms with E-state index in [4.69, 9.17) is 14.2 Å². The molecule has 6 nitrogen and oxygen atoms in total. The fourth-order valence-corrected chi connectivity index (χ4v) is 3.09. The Morgan fingerprint density at radius 1 is 1.07 bits per heavy atom. The van der Waals surface area contributed by atoms with Crippen LogP contribution in [0, 0.1) is 12.8 Å². The molecule has 2 aromatic carbocycles. The summed E-state index contributed by atoms with van der Waals surface area (Å²) in [6.45, 7) is 6.62. The van der Waals surface area contributed by atoms with Crippen LogP contribution in [0.4, 0.5) is 0 Å². The summed E-state index contributed by atoms with van der Waals surface area (Å²) < 4.78 is 16.3. The number of carbonyl (C=O) groups excluding carboxylic acids is 2. The first-order valence-corrected chi connectivity index (χ1v) is 9.36. The normalized spacial score (nSPS) is 13.7. The van der Waals surface area contributed by atoms with Crippen LogP contribution in [0.25, 0.3) is 0 Å². The lowest BCUT2D eigenvalue weighted by Crippen LogP contribution is -2.35. The third kappa shape index (κ3) is 4.82. The van der Waals surface area contributed by atoms with Crippen molar-refractivity contribution in [3.05, 3.63) is 59.2 Å². The first kappa shape index (κ1) is 19.7. The molecule has 1 amide bonds. The highest BCUT2D eigenvalue weighted by Crippen LogP contribution is 2.34. The third-order valence-electron chi connectivity index (χ3n) is 4.50. The van der Waals surface area contributed by atoms with E-state index in [1.807, 2.05) is 45.0 Å². The molecule has 0 saturated carbocycles. The second kappa shape index (κ2) is 8.78. The summed E-state index contributed by atoms with van der Waals surface area (Å²) in [7, 11) is 0. The van der Waals surface area contributed by atoms with E-state index in [-0.39, 0.29) is 24.5 Å². The van der Waals surface area contributed by atoms with Crippen molar-refractivity contribution in [3.8, 4) is 11.5 Å². The lowest BCUT2D eigenvalue weighted by molar-refractivity contribution is -0.125. The maximum absolute atomic E-state index is 12.4. The summed E-state index contributed by atoms with van der Waals surface area (Å²) in [4.78, 5) is 24.5. The molecule has 0 radical (unpaired) electrons. The second-order valence-electron chi connectivity index (χ2n) is 7.14. The number of amides is 1. The molecule has 0 unspecified atom stereocenters. The summed E-state index contributed by atoms with van der Waals surface area (Å²) in [5.41, 5.74) is 2.30. The minimum absolute atomic E-state index is 0.138. The van der Waals surface area contributed by atoms with E-state index in [0.717, 1.165) is 11.1 Å². The molecule has 0 bridgehead atoms. The van der Waals surface area contributed by atoms with Crippen molar-refractivity contribution < 1.29 is 23.8 Å². The van der Waals surface area contributed by atoms with Gasteiger partial charge in [0.15, 0.2) is 18.1 Å². The van der Waals surface area contributed by atoms with Crippen LogP contribution >= 0.6 is 0 Å². The van der Waals surface area contributed by atoms with Crippen LogP contribution in [0.2, 0.25) is 0 Å². The number of hydrogen-bond acceptors (Lipinski definition) is 5. The second-order valence-corrected chi connectivity index (χ2v) is 7.14. The van der Waals surface area contributed by atoms with Gasteiger partial charge < -0.3 is 19.5 Å². The van der Waals surface area contributed by atoms with Crippen molar-refractivity contribution in [2.45, 2.75) is 26.8 Å².